The Morgan fingerprint density at radius 3 is 2.46 bits per heavy atom. The van der Waals surface area contributed by atoms with Crippen LogP contribution in [-0.4, -0.2) is 24.8 Å². The number of nitrogens with one attached hydrogen (secondary N) is 1. The van der Waals surface area contributed by atoms with Crippen molar-refractivity contribution in [1.29, 1.82) is 0 Å². The first-order valence-corrected chi connectivity index (χ1v) is 5.10. The molecule has 0 atom stereocenters. The molecule has 0 aromatic heterocycles. The first-order valence-electron chi connectivity index (χ1n) is 5.10. The van der Waals surface area contributed by atoms with Crippen LogP contribution in [0.2, 0.25) is 0 Å². The van der Waals surface area contributed by atoms with E-state index in [1.54, 1.807) is 0 Å². The van der Waals surface area contributed by atoms with Gasteiger partial charge in [0.2, 0.25) is 0 Å². The quantitative estimate of drug-likeness (QED) is 0.626. The summed E-state index contributed by atoms with van der Waals surface area (Å²) in [7, 11) is 2.04. The number of hydrogen-bond acceptors (Lipinski definition) is 2. The van der Waals surface area contributed by atoms with Crippen molar-refractivity contribution in [2.24, 2.45) is 5.92 Å². The van der Waals surface area contributed by atoms with E-state index in [0.29, 0.717) is 0 Å². The Morgan fingerprint density at radius 2 is 1.92 bits per heavy atom. The highest BCUT2D eigenvalue weighted by Gasteiger charge is 2.18. The van der Waals surface area contributed by atoms with Crippen molar-refractivity contribution in [2.45, 2.75) is 38.1 Å². The predicted octanol–water partition coefficient (Wildman–Crippen LogP) is 1.15. The van der Waals surface area contributed by atoms with Crippen LogP contribution in [0.25, 0.3) is 0 Å². The van der Waals surface area contributed by atoms with E-state index in [2.05, 4.69) is 17.2 Å². The van der Waals surface area contributed by atoms with Gasteiger partial charge in [-0.1, -0.05) is 5.92 Å². The predicted molar refractivity (Wildman–Crippen MR) is 54.3 cm³/mol. The molecule has 1 rings (SSSR count). The molecule has 0 bridgehead atoms. The molecule has 0 heterocycles. The number of aliphatic hydroxyl groups is 1. The summed E-state index contributed by atoms with van der Waals surface area (Å²) in [6.45, 7) is 0.00581. The minimum Gasteiger partial charge on any atom is -0.384 e. The topological polar surface area (TPSA) is 32.3 Å². The van der Waals surface area contributed by atoms with Gasteiger partial charge in [0.15, 0.2) is 0 Å². The molecule has 0 amide bonds. The summed E-state index contributed by atoms with van der Waals surface area (Å²) in [4.78, 5) is 0. The Labute approximate surface area is 80.7 Å². The molecule has 2 heteroatoms. The molecular formula is C11H19NO. The Balaban J connectivity index is 2.17. The van der Waals surface area contributed by atoms with Crippen molar-refractivity contribution >= 4 is 0 Å². The van der Waals surface area contributed by atoms with E-state index in [-0.39, 0.29) is 6.61 Å². The summed E-state index contributed by atoms with van der Waals surface area (Å²) in [5, 5.41) is 11.8. The second kappa shape index (κ2) is 6.01. The van der Waals surface area contributed by atoms with Crippen molar-refractivity contribution in [3.63, 3.8) is 0 Å². The molecule has 2 nitrogen and oxygen atoms in total. The molecule has 0 radical (unpaired) electrons. The Bertz CT molecular complexity index is 184. The molecule has 1 aliphatic rings. The molecule has 13 heavy (non-hydrogen) atoms. The Kier molecular flexibility index (Phi) is 4.88. The first kappa shape index (κ1) is 10.6. The zero-order valence-corrected chi connectivity index (χ0v) is 8.34. The van der Waals surface area contributed by atoms with Gasteiger partial charge in [0, 0.05) is 12.5 Å². The molecule has 2 N–H and O–H groups in total. The molecule has 0 spiro atoms. The van der Waals surface area contributed by atoms with Crippen molar-refractivity contribution in [1.82, 2.24) is 5.32 Å². The van der Waals surface area contributed by atoms with Crippen molar-refractivity contribution < 1.29 is 5.11 Å². The highest BCUT2D eigenvalue weighted by atomic mass is 16.2. The SMILES string of the molecule is CN[C@H]1CC[C@H](CC#CCO)CC1. The summed E-state index contributed by atoms with van der Waals surface area (Å²) in [5.74, 6) is 6.50. The Morgan fingerprint density at radius 1 is 1.23 bits per heavy atom. The second-order valence-electron chi connectivity index (χ2n) is 3.72. The summed E-state index contributed by atoms with van der Waals surface area (Å²) in [6.07, 6.45) is 6.10. The van der Waals surface area contributed by atoms with Gasteiger partial charge in [-0.05, 0) is 38.6 Å². The lowest BCUT2D eigenvalue weighted by atomic mass is 9.84. The van der Waals surface area contributed by atoms with Crippen LogP contribution in [0.4, 0.5) is 0 Å². The van der Waals surface area contributed by atoms with E-state index in [9.17, 15) is 0 Å². The second-order valence-corrected chi connectivity index (χ2v) is 3.72. The van der Waals surface area contributed by atoms with Crippen LogP contribution in [0.15, 0.2) is 0 Å². The molecule has 0 saturated heterocycles. The summed E-state index contributed by atoms with van der Waals surface area (Å²) >= 11 is 0. The van der Waals surface area contributed by atoms with E-state index < -0.39 is 0 Å². The molecule has 1 aliphatic carbocycles. The van der Waals surface area contributed by atoms with Crippen LogP contribution in [0.5, 0.6) is 0 Å². The summed E-state index contributed by atoms with van der Waals surface area (Å²) in [6, 6.07) is 0.724. The first-order chi connectivity index (χ1) is 6.36. The van der Waals surface area contributed by atoms with Gasteiger partial charge >= 0.3 is 0 Å². The fourth-order valence-corrected chi connectivity index (χ4v) is 1.93. The summed E-state index contributed by atoms with van der Waals surface area (Å²) in [5.41, 5.74) is 0. The van der Waals surface area contributed by atoms with Gasteiger partial charge in [-0.15, -0.1) is 5.92 Å². The molecule has 0 unspecified atom stereocenters. The maximum absolute atomic E-state index is 8.49. The summed E-state index contributed by atoms with van der Waals surface area (Å²) < 4.78 is 0. The van der Waals surface area contributed by atoms with Gasteiger partial charge in [0.1, 0.15) is 6.61 Å². The van der Waals surface area contributed by atoms with Gasteiger partial charge in [0.25, 0.3) is 0 Å². The normalized spacial score (nSPS) is 27.8. The zero-order valence-electron chi connectivity index (χ0n) is 8.34. The van der Waals surface area contributed by atoms with E-state index in [0.717, 1.165) is 18.4 Å². The van der Waals surface area contributed by atoms with Crippen molar-refractivity contribution in [3.05, 3.63) is 0 Å². The number of rotatable bonds is 2. The average Bonchev–Trinajstić information content (AvgIpc) is 2.19. The molecular weight excluding hydrogens is 162 g/mol. The highest BCUT2D eigenvalue weighted by molar-refractivity contribution is 5.00. The monoisotopic (exact) mass is 181 g/mol. The fraction of sp³-hybridized carbons (Fsp3) is 0.818. The maximum Gasteiger partial charge on any atom is 0.104 e. The van der Waals surface area contributed by atoms with Crippen LogP contribution < -0.4 is 5.32 Å². The van der Waals surface area contributed by atoms with E-state index in [1.165, 1.54) is 25.7 Å². The maximum atomic E-state index is 8.49. The zero-order chi connectivity index (χ0) is 9.52. The highest BCUT2D eigenvalue weighted by Crippen LogP contribution is 2.26. The third-order valence-corrected chi connectivity index (χ3v) is 2.85. The van der Waals surface area contributed by atoms with E-state index >= 15 is 0 Å². The lowest BCUT2D eigenvalue weighted by Gasteiger charge is -2.26. The van der Waals surface area contributed by atoms with Crippen LogP contribution in [0, 0.1) is 17.8 Å². The lowest BCUT2D eigenvalue weighted by molar-refractivity contribution is 0.305. The van der Waals surface area contributed by atoms with Crippen LogP contribution >= 0.6 is 0 Å². The minimum atomic E-state index is 0.00581. The molecule has 0 aliphatic heterocycles. The molecule has 74 valence electrons. The van der Waals surface area contributed by atoms with Gasteiger partial charge in [-0.25, -0.2) is 0 Å². The van der Waals surface area contributed by atoms with Crippen LogP contribution in [-0.2, 0) is 0 Å². The van der Waals surface area contributed by atoms with E-state index in [4.69, 9.17) is 5.11 Å². The molecule has 1 saturated carbocycles. The lowest BCUT2D eigenvalue weighted by Crippen LogP contribution is -2.29. The van der Waals surface area contributed by atoms with Gasteiger partial charge in [0.05, 0.1) is 0 Å². The third-order valence-electron chi connectivity index (χ3n) is 2.85. The number of aliphatic hydroxyl groups excluding tert-OH is 1. The van der Waals surface area contributed by atoms with Crippen LogP contribution in [0.1, 0.15) is 32.1 Å². The fourth-order valence-electron chi connectivity index (χ4n) is 1.93. The van der Waals surface area contributed by atoms with Crippen molar-refractivity contribution in [3.8, 4) is 11.8 Å². The smallest absolute Gasteiger partial charge is 0.104 e. The number of hydrogen-bond donors (Lipinski definition) is 2. The third kappa shape index (κ3) is 3.80. The van der Waals surface area contributed by atoms with Gasteiger partial charge < -0.3 is 10.4 Å². The molecule has 0 aromatic rings. The van der Waals surface area contributed by atoms with E-state index in [1.807, 2.05) is 7.05 Å². The average molecular weight is 181 g/mol. The van der Waals surface area contributed by atoms with Crippen molar-refractivity contribution in [2.75, 3.05) is 13.7 Å². The Hall–Kier alpha value is -0.520. The molecule has 1 fully saturated rings. The minimum absolute atomic E-state index is 0.00581. The standard InChI is InChI=1S/C11H19NO/c1-12-11-7-5-10(6-8-11)4-2-3-9-13/h10-13H,4-9H2,1H3/t10-,11-. The van der Waals surface area contributed by atoms with Gasteiger partial charge in [-0.2, -0.15) is 0 Å². The molecule has 0 aromatic carbocycles. The largest absolute Gasteiger partial charge is 0.384 e. The van der Waals surface area contributed by atoms with Gasteiger partial charge in [-0.3, -0.25) is 0 Å². The van der Waals surface area contributed by atoms with Crippen LogP contribution in [0.3, 0.4) is 0 Å².